The van der Waals surface area contributed by atoms with Crippen molar-refractivity contribution in [1.82, 2.24) is 5.16 Å². The number of hydrogen-bond acceptors (Lipinski definition) is 6. The van der Waals surface area contributed by atoms with Crippen molar-refractivity contribution in [3.05, 3.63) is 28.5 Å². The Hall–Kier alpha value is -1.64. The maximum absolute atomic E-state index is 11.5. The number of anilines is 1. The molecule has 0 atom stereocenters. The first kappa shape index (κ1) is 16.7. The monoisotopic (exact) mass is 360 g/mol. The second kappa shape index (κ2) is 6.64. The molecule has 0 radical (unpaired) electrons. The molecule has 0 aliphatic rings. The molecule has 9 heteroatoms. The first-order valence-corrected chi connectivity index (χ1v) is 9.42. The van der Waals surface area contributed by atoms with Crippen LogP contribution in [0.15, 0.2) is 20.9 Å². The lowest BCUT2D eigenvalue weighted by Crippen LogP contribution is -2.10. The van der Waals surface area contributed by atoms with E-state index in [9.17, 15) is 13.2 Å². The standard InChI is InChI=1S/C13H13ClN2O4S2/c1-3-11(17)15-13-8(2)16-20-10(13)6-4-9-5-7-12(21-9)22(14,18)19/h4-7H,3H2,1-2H3,(H,15,17)/b6-4+. The maximum Gasteiger partial charge on any atom is 0.270 e. The summed E-state index contributed by atoms with van der Waals surface area (Å²) >= 11 is 1.03. The van der Waals surface area contributed by atoms with Gasteiger partial charge in [-0.2, -0.15) is 0 Å². The summed E-state index contributed by atoms with van der Waals surface area (Å²) in [6, 6.07) is 3.06. The fraction of sp³-hybridized carbons (Fsp3) is 0.231. The molecule has 0 fully saturated rings. The van der Waals surface area contributed by atoms with Crippen molar-refractivity contribution >= 4 is 54.8 Å². The van der Waals surface area contributed by atoms with Gasteiger partial charge in [-0.25, -0.2) is 8.42 Å². The van der Waals surface area contributed by atoms with Crippen LogP contribution in [0.1, 0.15) is 29.7 Å². The first-order chi connectivity index (χ1) is 10.3. The van der Waals surface area contributed by atoms with Gasteiger partial charge >= 0.3 is 0 Å². The maximum atomic E-state index is 11.5. The molecule has 0 aromatic carbocycles. The summed E-state index contributed by atoms with van der Waals surface area (Å²) in [4.78, 5) is 12.2. The molecule has 118 valence electrons. The lowest BCUT2D eigenvalue weighted by Gasteiger charge is -2.01. The molecule has 0 spiro atoms. The van der Waals surface area contributed by atoms with Crippen molar-refractivity contribution in [3.8, 4) is 0 Å². The zero-order chi connectivity index (χ0) is 16.3. The lowest BCUT2D eigenvalue weighted by molar-refractivity contribution is -0.115. The number of nitrogens with one attached hydrogen (secondary N) is 1. The van der Waals surface area contributed by atoms with Crippen LogP contribution in [0.4, 0.5) is 5.69 Å². The molecular formula is C13H13ClN2O4S2. The van der Waals surface area contributed by atoms with Gasteiger partial charge in [0.15, 0.2) is 5.76 Å². The highest BCUT2D eigenvalue weighted by molar-refractivity contribution is 8.15. The third kappa shape index (κ3) is 3.96. The minimum Gasteiger partial charge on any atom is -0.354 e. The number of carbonyl (C=O) groups is 1. The summed E-state index contributed by atoms with van der Waals surface area (Å²) in [5, 5.41) is 6.52. The SMILES string of the molecule is CCC(=O)Nc1c(C)noc1/C=C/c1ccc(S(=O)(=O)Cl)s1. The van der Waals surface area contributed by atoms with Gasteiger partial charge in [0.1, 0.15) is 15.6 Å². The van der Waals surface area contributed by atoms with Crippen molar-refractivity contribution in [3.63, 3.8) is 0 Å². The van der Waals surface area contributed by atoms with Gasteiger partial charge in [-0.1, -0.05) is 12.1 Å². The molecule has 0 saturated heterocycles. The van der Waals surface area contributed by atoms with E-state index in [0.717, 1.165) is 11.3 Å². The summed E-state index contributed by atoms with van der Waals surface area (Å²) in [7, 11) is 1.55. The average Bonchev–Trinajstić information content (AvgIpc) is 3.05. The summed E-state index contributed by atoms with van der Waals surface area (Å²) < 4.78 is 27.6. The lowest BCUT2D eigenvalue weighted by atomic mass is 10.2. The summed E-state index contributed by atoms with van der Waals surface area (Å²) in [6.45, 7) is 3.46. The predicted molar refractivity (Wildman–Crippen MR) is 86.4 cm³/mol. The number of amides is 1. The van der Waals surface area contributed by atoms with Crippen LogP contribution in [-0.2, 0) is 13.8 Å². The number of aromatic nitrogens is 1. The van der Waals surface area contributed by atoms with E-state index in [1.807, 2.05) is 0 Å². The van der Waals surface area contributed by atoms with Crippen LogP contribution in [0.3, 0.4) is 0 Å². The van der Waals surface area contributed by atoms with E-state index in [-0.39, 0.29) is 10.1 Å². The second-order valence-corrected chi connectivity index (χ2v) is 8.25. The minimum absolute atomic E-state index is 0.0714. The molecule has 2 aromatic heterocycles. The molecule has 2 rings (SSSR count). The molecule has 1 amide bonds. The van der Waals surface area contributed by atoms with Crippen LogP contribution in [0.5, 0.6) is 0 Å². The van der Waals surface area contributed by atoms with Crippen molar-refractivity contribution < 1.29 is 17.7 Å². The highest BCUT2D eigenvalue weighted by Crippen LogP contribution is 2.27. The fourth-order valence-electron chi connectivity index (χ4n) is 1.59. The number of hydrogen-bond donors (Lipinski definition) is 1. The summed E-state index contributed by atoms with van der Waals surface area (Å²) in [5.74, 6) is 0.246. The Morgan fingerprint density at radius 1 is 1.45 bits per heavy atom. The van der Waals surface area contributed by atoms with Crippen molar-refractivity contribution in [1.29, 1.82) is 0 Å². The van der Waals surface area contributed by atoms with Crippen LogP contribution in [0, 0.1) is 6.92 Å². The largest absolute Gasteiger partial charge is 0.354 e. The Morgan fingerprint density at radius 3 is 2.77 bits per heavy atom. The van der Waals surface area contributed by atoms with Gasteiger partial charge in [0.25, 0.3) is 9.05 Å². The number of rotatable bonds is 5. The second-order valence-electron chi connectivity index (χ2n) is 4.34. The van der Waals surface area contributed by atoms with E-state index in [1.54, 1.807) is 32.1 Å². The molecule has 0 aliphatic carbocycles. The molecule has 6 nitrogen and oxygen atoms in total. The summed E-state index contributed by atoms with van der Waals surface area (Å²) in [5.41, 5.74) is 1.07. The van der Waals surface area contributed by atoms with Gasteiger partial charge in [0.05, 0.1) is 0 Å². The van der Waals surface area contributed by atoms with E-state index in [4.69, 9.17) is 15.2 Å². The van der Waals surface area contributed by atoms with E-state index in [2.05, 4.69) is 10.5 Å². The highest BCUT2D eigenvalue weighted by Gasteiger charge is 2.14. The number of carbonyl (C=O) groups excluding carboxylic acids is 1. The van der Waals surface area contributed by atoms with E-state index < -0.39 is 9.05 Å². The Bertz CT molecular complexity index is 821. The normalized spacial score (nSPS) is 12.0. The predicted octanol–water partition coefficient (Wildman–Crippen LogP) is 3.49. The van der Waals surface area contributed by atoms with E-state index in [0.29, 0.717) is 28.4 Å². The molecule has 2 aromatic rings. The number of thiophene rings is 1. The van der Waals surface area contributed by atoms with Gasteiger partial charge < -0.3 is 9.84 Å². The first-order valence-electron chi connectivity index (χ1n) is 6.30. The number of aryl methyl sites for hydroxylation is 1. The Kier molecular flexibility index (Phi) is 5.05. The van der Waals surface area contributed by atoms with Gasteiger partial charge in [0.2, 0.25) is 5.91 Å². The fourth-order valence-corrected chi connectivity index (χ4v) is 3.59. The quantitative estimate of drug-likeness (QED) is 0.824. The van der Waals surface area contributed by atoms with Gasteiger partial charge in [-0.3, -0.25) is 4.79 Å². The Morgan fingerprint density at radius 2 is 2.18 bits per heavy atom. The molecule has 0 saturated carbocycles. The minimum atomic E-state index is -3.72. The third-order valence-corrected chi connectivity index (χ3v) is 5.86. The zero-order valence-corrected chi connectivity index (χ0v) is 14.2. The average molecular weight is 361 g/mol. The smallest absolute Gasteiger partial charge is 0.270 e. The molecule has 0 bridgehead atoms. The van der Waals surface area contributed by atoms with Gasteiger partial charge in [-0.05, 0) is 31.2 Å². The van der Waals surface area contributed by atoms with Crippen molar-refractivity contribution in [2.45, 2.75) is 24.5 Å². The van der Waals surface area contributed by atoms with Crippen molar-refractivity contribution in [2.24, 2.45) is 0 Å². The molecule has 0 unspecified atom stereocenters. The van der Waals surface area contributed by atoms with Crippen LogP contribution >= 0.6 is 22.0 Å². The highest BCUT2D eigenvalue weighted by atomic mass is 35.7. The summed E-state index contributed by atoms with van der Waals surface area (Å²) in [6.07, 6.45) is 3.62. The molecule has 0 aliphatic heterocycles. The van der Waals surface area contributed by atoms with Crippen LogP contribution in [-0.4, -0.2) is 19.5 Å². The Balaban J connectivity index is 2.24. The molecule has 2 heterocycles. The van der Waals surface area contributed by atoms with Crippen LogP contribution in [0.25, 0.3) is 12.2 Å². The topological polar surface area (TPSA) is 89.3 Å². The van der Waals surface area contributed by atoms with Gasteiger partial charge in [-0.15, -0.1) is 11.3 Å². The van der Waals surface area contributed by atoms with E-state index >= 15 is 0 Å². The molecule has 22 heavy (non-hydrogen) atoms. The molecule has 1 N–H and O–H groups in total. The third-order valence-electron chi connectivity index (χ3n) is 2.72. The van der Waals surface area contributed by atoms with Crippen LogP contribution in [0.2, 0.25) is 0 Å². The van der Waals surface area contributed by atoms with Gasteiger partial charge in [0, 0.05) is 22.0 Å². The van der Waals surface area contributed by atoms with Crippen LogP contribution < -0.4 is 5.32 Å². The number of halogens is 1. The zero-order valence-electron chi connectivity index (χ0n) is 11.8. The van der Waals surface area contributed by atoms with Crippen molar-refractivity contribution in [2.75, 3.05) is 5.32 Å². The van der Waals surface area contributed by atoms with E-state index in [1.165, 1.54) is 6.07 Å². The molecular weight excluding hydrogens is 348 g/mol. The number of nitrogens with zero attached hydrogens (tertiary/aromatic N) is 1. The Labute approximate surface area is 136 Å².